The lowest BCUT2D eigenvalue weighted by atomic mass is 10.1. The van der Waals surface area contributed by atoms with Crippen LogP contribution in [0.3, 0.4) is 0 Å². The number of hydrogen-bond donors (Lipinski definition) is 1. The Morgan fingerprint density at radius 3 is 2.11 bits per heavy atom. The van der Waals surface area contributed by atoms with Crippen LogP contribution < -0.4 is 4.90 Å². The first-order valence-electron chi connectivity index (χ1n) is 6.30. The Balaban J connectivity index is 2.09. The Morgan fingerprint density at radius 2 is 1.50 bits per heavy atom. The molecule has 0 bridgehead atoms. The molecule has 0 unspecified atom stereocenters. The van der Waals surface area contributed by atoms with E-state index in [1.54, 1.807) is 0 Å². The van der Waals surface area contributed by atoms with Crippen molar-refractivity contribution in [2.45, 2.75) is 12.8 Å². The molecule has 2 nitrogen and oxygen atoms in total. The van der Waals surface area contributed by atoms with Gasteiger partial charge in [-0.05, 0) is 42.7 Å². The van der Waals surface area contributed by atoms with E-state index >= 15 is 0 Å². The van der Waals surface area contributed by atoms with Gasteiger partial charge in [-0.2, -0.15) is 0 Å². The zero-order chi connectivity index (χ0) is 12.8. The lowest BCUT2D eigenvalue weighted by Gasteiger charge is -2.19. The predicted molar refractivity (Wildman–Crippen MR) is 76.4 cm³/mol. The molecule has 0 aromatic heterocycles. The van der Waals surface area contributed by atoms with E-state index in [1.807, 2.05) is 18.2 Å². The lowest BCUT2D eigenvalue weighted by molar-refractivity contribution is 0.288. The Morgan fingerprint density at radius 1 is 0.889 bits per heavy atom. The van der Waals surface area contributed by atoms with Crippen LogP contribution in [0.4, 0.5) is 11.4 Å². The van der Waals surface area contributed by atoms with Crippen LogP contribution >= 0.6 is 0 Å². The van der Waals surface area contributed by atoms with Gasteiger partial charge in [-0.3, -0.25) is 0 Å². The van der Waals surface area contributed by atoms with E-state index in [4.69, 9.17) is 5.11 Å². The van der Waals surface area contributed by atoms with Crippen molar-refractivity contribution in [1.29, 1.82) is 0 Å². The van der Waals surface area contributed by atoms with Crippen LogP contribution in [0.5, 0.6) is 0 Å². The summed E-state index contributed by atoms with van der Waals surface area (Å²) in [5.74, 6) is 0. The molecular formula is C16H19NO. The van der Waals surface area contributed by atoms with Crippen molar-refractivity contribution in [2.24, 2.45) is 0 Å². The van der Waals surface area contributed by atoms with Gasteiger partial charge in [0, 0.05) is 25.0 Å². The third kappa shape index (κ3) is 3.11. The molecule has 0 spiro atoms. The molecule has 0 atom stereocenters. The first kappa shape index (κ1) is 12.7. The van der Waals surface area contributed by atoms with E-state index in [1.165, 1.54) is 16.9 Å². The van der Waals surface area contributed by atoms with Crippen LogP contribution in [0.1, 0.15) is 12.0 Å². The van der Waals surface area contributed by atoms with Gasteiger partial charge in [0.05, 0.1) is 0 Å². The maximum Gasteiger partial charge on any atom is 0.0434 e. The van der Waals surface area contributed by atoms with Gasteiger partial charge in [0.25, 0.3) is 0 Å². The topological polar surface area (TPSA) is 23.5 Å². The molecule has 94 valence electrons. The summed E-state index contributed by atoms with van der Waals surface area (Å²) in [7, 11) is 2.07. The molecule has 0 aliphatic carbocycles. The SMILES string of the molecule is CN(c1ccccc1)c1ccc(CCCO)cc1. The first-order chi connectivity index (χ1) is 8.81. The van der Waals surface area contributed by atoms with Crippen molar-refractivity contribution < 1.29 is 5.11 Å². The van der Waals surface area contributed by atoms with Gasteiger partial charge in [-0.25, -0.2) is 0 Å². The molecule has 0 radical (unpaired) electrons. The number of benzene rings is 2. The van der Waals surface area contributed by atoms with E-state index in [0.29, 0.717) is 0 Å². The van der Waals surface area contributed by atoms with Gasteiger partial charge in [0.1, 0.15) is 0 Å². The van der Waals surface area contributed by atoms with Crippen molar-refractivity contribution in [3.63, 3.8) is 0 Å². The zero-order valence-electron chi connectivity index (χ0n) is 10.7. The highest BCUT2D eigenvalue weighted by Crippen LogP contribution is 2.23. The first-order valence-corrected chi connectivity index (χ1v) is 6.30. The highest BCUT2D eigenvalue weighted by molar-refractivity contribution is 5.62. The molecule has 0 fully saturated rings. The van der Waals surface area contributed by atoms with Gasteiger partial charge in [-0.1, -0.05) is 30.3 Å². The highest BCUT2D eigenvalue weighted by atomic mass is 16.2. The molecule has 1 N–H and O–H groups in total. The maximum atomic E-state index is 8.81. The molecule has 0 aliphatic rings. The quantitative estimate of drug-likeness (QED) is 0.867. The summed E-state index contributed by atoms with van der Waals surface area (Å²) in [5, 5.41) is 8.81. The highest BCUT2D eigenvalue weighted by Gasteiger charge is 2.02. The molecule has 0 saturated carbocycles. The Bertz CT molecular complexity index is 464. The third-order valence-corrected chi connectivity index (χ3v) is 3.09. The Kier molecular flexibility index (Phi) is 4.37. The number of rotatable bonds is 5. The zero-order valence-corrected chi connectivity index (χ0v) is 10.7. The van der Waals surface area contributed by atoms with Crippen LogP contribution in [0.15, 0.2) is 54.6 Å². The van der Waals surface area contributed by atoms with Gasteiger partial charge < -0.3 is 10.0 Å². The minimum atomic E-state index is 0.256. The molecule has 2 heteroatoms. The minimum absolute atomic E-state index is 0.256. The van der Waals surface area contributed by atoms with Gasteiger partial charge in [-0.15, -0.1) is 0 Å². The summed E-state index contributed by atoms with van der Waals surface area (Å²) in [6.45, 7) is 0.256. The Hall–Kier alpha value is -1.80. The summed E-state index contributed by atoms with van der Waals surface area (Å²) in [4.78, 5) is 2.16. The van der Waals surface area contributed by atoms with Crippen LogP contribution in [0.2, 0.25) is 0 Å². The number of nitrogens with zero attached hydrogens (tertiary/aromatic N) is 1. The van der Waals surface area contributed by atoms with Crippen LogP contribution in [-0.2, 0) is 6.42 Å². The second-order valence-electron chi connectivity index (χ2n) is 4.39. The van der Waals surface area contributed by atoms with Crippen LogP contribution in [-0.4, -0.2) is 18.8 Å². The fourth-order valence-corrected chi connectivity index (χ4v) is 1.97. The van der Waals surface area contributed by atoms with E-state index in [-0.39, 0.29) is 6.61 Å². The molecule has 2 aromatic carbocycles. The molecule has 18 heavy (non-hydrogen) atoms. The number of aryl methyl sites for hydroxylation is 1. The van der Waals surface area contributed by atoms with Crippen molar-refractivity contribution >= 4 is 11.4 Å². The van der Waals surface area contributed by atoms with Crippen LogP contribution in [0, 0.1) is 0 Å². The summed E-state index contributed by atoms with van der Waals surface area (Å²) >= 11 is 0. The van der Waals surface area contributed by atoms with Crippen molar-refractivity contribution in [1.82, 2.24) is 0 Å². The summed E-state index contributed by atoms with van der Waals surface area (Å²) in [6.07, 6.45) is 1.76. The number of para-hydroxylation sites is 1. The van der Waals surface area contributed by atoms with E-state index in [9.17, 15) is 0 Å². The molecule has 0 amide bonds. The van der Waals surface area contributed by atoms with E-state index < -0.39 is 0 Å². The summed E-state index contributed by atoms with van der Waals surface area (Å²) in [6, 6.07) is 18.8. The maximum absolute atomic E-state index is 8.81. The van der Waals surface area contributed by atoms with E-state index in [2.05, 4.69) is 48.3 Å². The van der Waals surface area contributed by atoms with Gasteiger partial charge in [0.15, 0.2) is 0 Å². The fourth-order valence-electron chi connectivity index (χ4n) is 1.97. The molecular weight excluding hydrogens is 222 g/mol. The molecule has 0 saturated heterocycles. The predicted octanol–water partition coefficient (Wildman–Crippen LogP) is 3.38. The molecule has 2 aromatic rings. The number of hydrogen-bond acceptors (Lipinski definition) is 2. The largest absolute Gasteiger partial charge is 0.396 e. The van der Waals surface area contributed by atoms with Crippen molar-refractivity contribution in [2.75, 3.05) is 18.6 Å². The monoisotopic (exact) mass is 241 g/mol. The van der Waals surface area contributed by atoms with Gasteiger partial charge in [0.2, 0.25) is 0 Å². The number of aliphatic hydroxyl groups is 1. The van der Waals surface area contributed by atoms with Crippen molar-refractivity contribution in [3.05, 3.63) is 60.2 Å². The Labute approximate surface area is 109 Å². The van der Waals surface area contributed by atoms with Gasteiger partial charge >= 0.3 is 0 Å². The standard InChI is InChI=1S/C16H19NO/c1-17(15-7-3-2-4-8-15)16-11-9-14(10-12-16)6-5-13-18/h2-4,7-12,18H,5-6,13H2,1H3. The molecule has 0 heterocycles. The summed E-state index contributed by atoms with van der Waals surface area (Å²) < 4.78 is 0. The van der Waals surface area contributed by atoms with Crippen LogP contribution in [0.25, 0.3) is 0 Å². The average molecular weight is 241 g/mol. The molecule has 0 aliphatic heterocycles. The smallest absolute Gasteiger partial charge is 0.0434 e. The number of anilines is 2. The number of aliphatic hydroxyl groups excluding tert-OH is 1. The second-order valence-corrected chi connectivity index (χ2v) is 4.39. The van der Waals surface area contributed by atoms with E-state index in [0.717, 1.165) is 12.8 Å². The minimum Gasteiger partial charge on any atom is -0.396 e. The average Bonchev–Trinajstić information content (AvgIpc) is 2.46. The fraction of sp³-hybridized carbons (Fsp3) is 0.250. The van der Waals surface area contributed by atoms with Crippen molar-refractivity contribution in [3.8, 4) is 0 Å². The third-order valence-electron chi connectivity index (χ3n) is 3.09. The molecule has 2 rings (SSSR count). The summed E-state index contributed by atoms with van der Waals surface area (Å²) in [5.41, 5.74) is 3.63. The normalized spacial score (nSPS) is 10.3. The lowest BCUT2D eigenvalue weighted by Crippen LogP contribution is -2.08. The second kappa shape index (κ2) is 6.22.